The maximum absolute atomic E-state index is 6.10. The van der Waals surface area contributed by atoms with Crippen LogP contribution in [-0.2, 0) is 6.61 Å². The van der Waals surface area contributed by atoms with E-state index in [1.807, 2.05) is 29.0 Å². The van der Waals surface area contributed by atoms with E-state index >= 15 is 0 Å². The number of ether oxygens (including phenoxy) is 1. The Kier molecular flexibility index (Phi) is 6.78. The van der Waals surface area contributed by atoms with Crippen molar-refractivity contribution in [2.75, 3.05) is 0 Å². The average molecular weight is 432 g/mol. The number of aromatic nitrogens is 4. The zero-order valence-corrected chi connectivity index (χ0v) is 16.4. The van der Waals surface area contributed by atoms with Crippen LogP contribution in [0.25, 0.3) is 16.7 Å². The lowest BCUT2D eigenvalue weighted by molar-refractivity contribution is 0.298. The summed E-state index contributed by atoms with van der Waals surface area (Å²) in [4.78, 5) is 11.8. The first kappa shape index (κ1) is 20.4. The number of nitrogens with one attached hydrogen (secondary N) is 1. The van der Waals surface area contributed by atoms with Gasteiger partial charge in [0.05, 0.1) is 22.4 Å². The van der Waals surface area contributed by atoms with Crippen LogP contribution < -0.4 is 4.74 Å². The molecule has 2 aromatic heterocycles. The van der Waals surface area contributed by atoms with Gasteiger partial charge in [0, 0.05) is 23.1 Å². The molecule has 0 fully saturated rings. The lowest BCUT2D eigenvalue weighted by Gasteiger charge is -2.06. The van der Waals surface area contributed by atoms with E-state index in [-0.39, 0.29) is 31.4 Å². The molecule has 0 aliphatic heterocycles. The van der Waals surface area contributed by atoms with Crippen molar-refractivity contribution in [3.63, 3.8) is 0 Å². The van der Waals surface area contributed by atoms with Gasteiger partial charge in [-0.25, -0.2) is 9.97 Å². The molecule has 5 nitrogen and oxygen atoms in total. The topological polar surface area (TPSA) is 55.7 Å². The highest BCUT2D eigenvalue weighted by Gasteiger charge is 2.07. The maximum atomic E-state index is 6.10. The number of fused-ring (bicyclic) bond motifs is 1. The van der Waals surface area contributed by atoms with Gasteiger partial charge in [-0.05, 0) is 36.4 Å². The fourth-order valence-electron chi connectivity index (χ4n) is 2.43. The molecule has 4 aromatic rings. The minimum atomic E-state index is 0. The Morgan fingerprint density at radius 2 is 1.92 bits per heavy atom. The molecule has 1 N–H and O–H groups in total. The van der Waals surface area contributed by atoms with Gasteiger partial charge in [0.15, 0.2) is 0 Å². The number of hydrogen-bond acceptors (Lipinski definition) is 3. The van der Waals surface area contributed by atoms with E-state index in [2.05, 4.69) is 15.0 Å². The van der Waals surface area contributed by atoms with Crippen LogP contribution in [0.5, 0.6) is 5.75 Å². The maximum Gasteiger partial charge on any atom is 0.146 e. The Hall–Kier alpha value is -1.92. The van der Waals surface area contributed by atoms with Crippen molar-refractivity contribution < 1.29 is 4.74 Å². The quantitative estimate of drug-likeness (QED) is 0.465. The lowest BCUT2D eigenvalue weighted by Crippen LogP contribution is -1.97. The molecule has 0 atom stereocenters. The van der Waals surface area contributed by atoms with Crippen molar-refractivity contribution in [3.05, 3.63) is 71.0 Å². The SMILES string of the molecule is Cl.Cl.Clc1ccc(OCc2nc3ccc(-n4ccnc4)cc3[nH]2)c(Cl)c1. The summed E-state index contributed by atoms with van der Waals surface area (Å²) in [5.74, 6) is 1.29. The van der Waals surface area contributed by atoms with Gasteiger partial charge in [0.2, 0.25) is 0 Å². The molecule has 0 spiro atoms. The van der Waals surface area contributed by atoms with E-state index < -0.39 is 0 Å². The summed E-state index contributed by atoms with van der Waals surface area (Å²) in [7, 11) is 0. The van der Waals surface area contributed by atoms with Crippen LogP contribution in [-0.4, -0.2) is 19.5 Å². The summed E-state index contributed by atoms with van der Waals surface area (Å²) in [6.07, 6.45) is 5.39. The predicted molar refractivity (Wildman–Crippen MR) is 109 cm³/mol. The van der Waals surface area contributed by atoms with Crippen LogP contribution in [0.15, 0.2) is 55.1 Å². The summed E-state index contributed by atoms with van der Waals surface area (Å²) < 4.78 is 7.64. The second-order valence-electron chi connectivity index (χ2n) is 5.22. The number of nitrogens with zero attached hydrogens (tertiary/aromatic N) is 3. The molecular formula is C17H14Cl4N4O. The Balaban J connectivity index is 0.00000121. The monoisotopic (exact) mass is 430 g/mol. The molecule has 0 aliphatic rings. The van der Waals surface area contributed by atoms with Crippen molar-refractivity contribution >= 4 is 59.0 Å². The lowest BCUT2D eigenvalue weighted by atomic mass is 10.3. The van der Waals surface area contributed by atoms with Crippen molar-refractivity contribution in [2.24, 2.45) is 0 Å². The molecule has 0 radical (unpaired) electrons. The molecule has 0 saturated carbocycles. The summed E-state index contributed by atoms with van der Waals surface area (Å²) in [5, 5.41) is 1.05. The molecule has 0 aliphatic carbocycles. The van der Waals surface area contributed by atoms with Gasteiger partial charge < -0.3 is 14.3 Å². The van der Waals surface area contributed by atoms with Crippen LogP contribution in [0.4, 0.5) is 0 Å². The molecular weight excluding hydrogens is 418 g/mol. The highest BCUT2D eigenvalue weighted by Crippen LogP contribution is 2.28. The van der Waals surface area contributed by atoms with Crippen molar-refractivity contribution in [1.82, 2.24) is 19.5 Å². The first-order chi connectivity index (χ1) is 11.7. The molecule has 2 aromatic carbocycles. The van der Waals surface area contributed by atoms with Gasteiger partial charge in [-0.15, -0.1) is 24.8 Å². The fourth-order valence-corrected chi connectivity index (χ4v) is 2.89. The highest BCUT2D eigenvalue weighted by atomic mass is 35.5. The molecule has 136 valence electrons. The van der Waals surface area contributed by atoms with Crippen LogP contribution in [0.3, 0.4) is 0 Å². The Bertz CT molecular complexity index is 1000. The third-order valence-corrected chi connectivity index (χ3v) is 4.11. The minimum absolute atomic E-state index is 0. The van der Waals surface area contributed by atoms with Crippen LogP contribution in [0, 0.1) is 0 Å². The Morgan fingerprint density at radius 1 is 1.08 bits per heavy atom. The zero-order chi connectivity index (χ0) is 16.5. The van der Waals surface area contributed by atoms with E-state index in [0.717, 1.165) is 22.5 Å². The summed E-state index contributed by atoms with van der Waals surface area (Å²) in [6.45, 7) is 0.288. The van der Waals surface area contributed by atoms with Gasteiger partial charge in [-0.3, -0.25) is 0 Å². The smallest absolute Gasteiger partial charge is 0.146 e. The van der Waals surface area contributed by atoms with Gasteiger partial charge in [-0.1, -0.05) is 23.2 Å². The van der Waals surface area contributed by atoms with Crippen LogP contribution >= 0.6 is 48.0 Å². The van der Waals surface area contributed by atoms with Gasteiger partial charge >= 0.3 is 0 Å². The zero-order valence-electron chi connectivity index (χ0n) is 13.2. The van der Waals surface area contributed by atoms with E-state index in [4.69, 9.17) is 27.9 Å². The van der Waals surface area contributed by atoms with E-state index in [9.17, 15) is 0 Å². The molecule has 0 saturated heterocycles. The van der Waals surface area contributed by atoms with Gasteiger partial charge in [-0.2, -0.15) is 0 Å². The van der Waals surface area contributed by atoms with Crippen LogP contribution in [0.1, 0.15) is 5.82 Å². The fraction of sp³-hybridized carbons (Fsp3) is 0.0588. The number of halogens is 4. The normalized spacial score (nSPS) is 10.2. The Labute approximate surface area is 172 Å². The first-order valence-electron chi connectivity index (χ1n) is 7.24. The first-order valence-corrected chi connectivity index (χ1v) is 7.99. The second kappa shape index (κ2) is 8.64. The van der Waals surface area contributed by atoms with E-state index in [0.29, 0.717) is 15.8 Å². The number of imidazole rings is 2. The molecule has 4 rings (SSSR count). The summed E-state index contributed by atoms with van der Waals surface area (Å²) >= 11 is 12.0. The van der Waals surface area contributed by atoms with E-state index in [1.54, 1.807) is 30.7 Å². The van der Waals surface area contributed by atoms with Crippen molar-refractivity contribution in [1.29, 1.82) is 0 Å². The largest absolute Gasteiger partial charge is 0.484 e. The number of hydrogen-bond donors (Lipinski definition) is 1. The van der Waals surface area contributed by atoms with Crippen molar-refractivity contribution in [3.8, 4) is 11.4 Å². The average Bonchev–Trinajstić information content (AvgIpc) is 3.22. The molecule has 0 unspecified atom stereocenters. The number of benzene rings is 2. The predicted octanol–water partition coefficient (Wildman–Crippen LogP) is 5.48. The van der Waals surface area contributed by atoms with Gasteiger partial charge in [0.25, 0.3) is 0 Å². The standard InChI is InChI=1S/C17H12Cl2N4O.2ClH/c18-11-1-4-16(13(19)7-11)24-9-17-21-14-3-2-12(8-15(14)22-17)23-6-5-20-10-23;;/h1-8,10H,9H2,(H,21,22);2*1H. The van der Waals surface area contributed by atoms with E-state index in [1.165, 1.54) is 0 Å². The molecule has 0 amide bonds. The third-order valence-electron chi connectivity index (χ3n) is 3.58. The van der Waals surface area contributed by atoms with Crippen molar-refractivity contribution in [2.45, 2.75) is 6.61 Å². The minimum Gasteiger partial charge on any atom is -0.484 e. The van der Waals surface area contributed by atoms with Gasteiger partial charge in [0.1, 0.15) is 18.2 Å². The second-order valence-corrected chi connectivity index (χ2v) is 6.06. The Morgan fingerprint density at radius 3 is 2.65 bits per heavy atom. The van der Waals surface area contributed by atoms with Crippen LogP contribution in [0.2, 0.25) is 10.0 Å². The molecule has 9 heteroatoms. The molecule has 0 bridgehead atoms. The number of rotatable bonds is 4. The molecule has 2 heterocycles. The third kappa shape index (κ3) is 4.24. The number of aromatic amines is 1. The highest BCUT2D eigenvalue weighted by molar-refractivity contribution is 6.35. The number of H-pyrrole nitrogens is 1. The summed E-state index contributed by atoms with van der Waals surface area (Å²) in [6, 6.07) is 11.1. The molecule has 26 heavy (non-hydrogen) atoms. The summed E-state index contributed by atoms with van der Waals surface area (Å²) in [5.41, 5.74) is 2.82.